The maximum absolute atomic E-state index is 8.51. The highest BCUT2D eigenvalue weighted by Crippen LogP contribution is 2.06. The van der Waals surface area contributed by atoms with Crippen LogP contribution in [0.15, 0.2) is 24.3 Å². The van der Waals surface area contributed by atoms with Crippen LogP contribution < -0.4 is 5.32 Å². The monoisotopic (exact) mass is 186 g/mol. The van der Waals surface area contributed by atoms with E-state index in [0.29, 0.717) is 0 Å². The largest absolute Gasteiger partial charge is 0.491 e. The molecule has 0 aliphatic heterocycles. The van der Waals surface area contributed by atoms with Gasteiger partial charge in [0.15, 0.2) is 0 Å². The number of hydrogen-bond acceptors (Lipinski definition) is 2. The molecule has 0 bridgehead atoms. The SMILES string of the molecule is CNc1ccc(C)cc1.O=[PH+]O. The zero-order chi connectivity index (χ0) is 9.40. The van der Waals surface area contributed by atoms with Gasteiger partial charge in [0.1, 0.15) is 0 Å². The summed E-state index contributed by atoms with van der Waals surface area (Å²) in [6, 6.07) is 8.31. The van der Waals surface area contributed by atoms with E-state index in [4.69, 9.17) is 9.46 Å². The smallest absolute Gasteiger partial charge is 0.388 e. The van der Waals surface area contributed by atoms with Crippen molar-refractivity contribution in [1.29, 1.82) is 0 Å². The summed E-state index contributed by atoms with van der Waals surface area (Å²) in [7, 11) is 0.755. The molecule has 0 aliphatic carbocycles. The van der Waals surface area contributed by atoms with Gasteiger partial charge in [0, 0.05) is 12.7 Å². The van der Waals surface area contributed by atoms with Crippen LogP contribution in [0.1, 0.15) is 5.56 Å². The Hall–Kier alpha value is -0.920. The van der Waals surface area contributed by atoms with E-state index in [1.54, 1.807) is 0 Å². The number of aryl methyl sites for hydroxylation is 1. The summed E-state index contributed by atoms with van der Waals surface area (Å²) in [6.07, 6.45) is 0. The number of hydrogen-bond donors (Lipinski definition) is 2. The first-order chi connectivity index (χ1) is 5.74. The van der Waals surface area contributed by atoms with E-state index in [9.17, 15) is 0 Å². The third kappa shape index (κ3) is 4.83. The second-order valence-electron chi connectivity index (χ2n) is 2.21. The van der Waals surface area contributed by atoms with Gasteiger partial charge in [-0.15, -0.1) is 0 Å². The molecular formula is C8H13NO2P+. The zero-order valence-electron chi connectivity index (χ0n) is 7.16. The fraction of sp³-hybridized carbons (Fsp3) is 0.250. The number of benzene rings is 1. The molecule has 4 heteroatoms. The van der Waals surface area contributed by atoms with Crippen LogP contribution >= 0.6 is 8.69 Å². The molecule has 0 radical (unpaired) electrons. The molecule has 0 aromatic heterocycles. The molecule has 3 nitrogen and oxygen atoms in total. The van der Waals surface area contributed by atoms with Crippen molar-refractivity contribution in [3.63, 3.8) is 0 Å². The van der Waals surface area contributed by atoms with Crippen molar-refractivity contribution in [2.24, 2.45) is 0 Å². The van der Waals surface area contributed by atoms with Gasteiger partial charge < -0.3 is 5.32 Å². The molecule has 0 aliphatic rings. The molecule has 0 spiro atoms. The number of nitrogens with one attached hydrogen (secondary N) is 1. The fourth-order valence-corrected chi connectivity index (χ4v) is 0.720. The third-order valence-electron chi connectivity index (χ3n) is 1.34. The van der Waals surface area contributed by atoms with Gasteiger partial charge in [0.05, 0.1) is 0 Å². The predicted octanol–water partition coefficient (Wildman–Crippen LogP) is 1.95. The fourth-order valence-electron chi connectivity index (χ4n) is 0.720. The van der Waals surface area contributed by atoms with Crippen LogP contribution in [0.5, 0.6) is 0 Å². The van der Waals surface area contributed by atoms with Crippen molar-refractivity contribution in [3.8, 4) is 0 Å². The molecule has 0 heterocycles. The van der Waals surface area contributed by atoms with E-state index in [0.717, 1.165) is 0 Å². The van der Waals surface area contributed by atoms with Crippen molar-refractivity contribution < 1.29 is 9.46 Å². The Morgan fingerprint density at radius 3 is 2.08 bits per heavy atom. The van der Waals surface area contributed by atoms with Crippen LogP contribution in [0.25, 0.3) is 0 Å². The summed E-state index contributed by atoms with van der Waals surface area (Å²) < 4.78 is 8.51. The predicted molar refractivity (Wildman–Crippen MR) is 51.9 cm³/mol. The minimum Gasteiger partial charge on any atom is -0.388 e. The van der Waals surface area contributed by atoms with Gasteiger partial charge in [-0.25, -0.2) is 0 Å². The summed E-state index contributed by atoms with van der Waals surface area (Å²) in [5.74, 6) is 0. The van der Waals surface area contributed by atoms with Crippen LogP contribution in [0.3, 0.4) is 0 Å². The molecule has 0 saturated heterocycles. The Morgan fingerprint density at radius 2 is 1.75 bits per heavy atom. The normalized spacial score (nSPS) is 8.58. The summed E-state index contributed by atoms with van der Waals surface area (Å²) in [5, 5.41) is 3.05. The lowest BCUT2D eigenvalue weighted by Crippen LogP contribution is -1.85. The van der Waals surface area contributed by atoms with Gasteiger partial charge in [-0.2, -0.15) is 4.89 Å². The van der Waals surface area contributed by atoms with Crippen LogP contribution in [-0.2, 0) is 4.57 Å². The third-order valence-corrected chi connectivity index (χ3v) is 1.34. The average Bonchev–Trinajstić information content (AvgIpc) is 2.07. The molecule has 12 heavy (non-hydrogen) atoms. The molecule has 1 aromatic rings. The van der Waals surface area contributed by atoms with Crippen LogP contribution in [0.2, 0.25) is 0 Å². The maximum atomic E-state index is 8.51. The quantitative estimate of drug-likeness (QED) is 0.659. The highest BCUT2D eigenvalue weighted by Gasteiger charge is 1.83. The molecule has 1 aromatic carbocycles. The van der Waals surface area contributed by atoms with Crippen molar-refractivity contribution in [2.75, 3.05) is 12.4 Å². The van der Waals surface area contributed by atoms with E-state index in [1.165, 1.54) is 11.3 Å². The van der Waals surface area contributed by atoms with E-state index in [2.05, 4.69) is 36.5 Å². The van der Waals surface area contributed by atoms with Crippen LogP contribution in [0, 0.1) is 6.92 Å². The van der Waals surface area contributed by atoms with E-state index in [1.807, 2.05) is 7.05 Å². The van der Waals surface area contributed by atoms with Gasteiger partial charge in [-0.3, -0.25) is 0 Å². The Bertz CT molecular complexity index is 223. The first-order valence-electron chi connectivity index (χ1n) is 3.50. The number of rotatable bonds is 1. The summed E-state index contributed by atoms with van der Waals surface area (Å²) in [4.78, 5) is 7.04. The maximum Gasteiger partial charge on any atom is 0.491 e. The Labute approximate surface area is 73.7 Å². The molecule has 66 valence electrons. The Morgan fingerprint density at radius 1 is 1.33 bits per heavy atom. The molecule has 0 fully saturated rings. The highest BCUT2D eigenvalue weighted by atomic mass is 31.1. The molecule has 1 rings (SSSR count). The Kier molecular flexibility index (Phi) is 6.25. The van der Waals surface area contributed by atoms with Gasteiger partial charge in [-0.05, 0) is 23.6 Å². The molecule has 1 unspecified atom stereocenters. The minimum atomic E-state index is -1.17. The first kappa shape index (κ1) is 11.1. The molecule has 0 amide bonds. The van der Waals surface area contributed by atoms with Gasteiger partial charge >= 0.3 is 8.69 Å². The lowest BCUT2D eigenvalue weighted by molar-refractivity contribution is 0.524. The zero-order valence-corrected chi connectivity index (χ0v) is 8.16. The Balaban J connectivity index is 0.000000354. The lowest BCUT2D eigenvalue weighted by atomic mass is 10.2. The van der Waals surface area contributed by atoms with Gasteiger partial charge in [0.25, 0.3) is 0 Å². The van der Waals surface area contributed by atoms with Crippen LogP contribution in [-0.4, -0.2) is 11.9 Å². The van der Waals surface area contributed by atoms with Crippen LogP contribution in [0.4, 0.5) is 5.69 Å². The van der Waals surface area contributed by atoms with Crippen molar-refractivity contribution in [3.05, 3.63) is 29.8 Å². The first-order valence-corrected chi connectivity index (χ1v) is 4.35. The van der Waals surface area contributed by atoms with Gasteiger partial charge in [-0.1, -0.05) is 17.7 Å². The topological polar surface area (TPSA) is 49.3 Å². The van der Waals surface area contributed by atoms with E-state index in [-0.39, 0.29) is 0 Å². The standard InChI is InChI=1S/C8H11N.HO2P/c1-7-3-5-8(9-2)6-4-7;1-3-2/h3-6,9H,1-2H3;3H/p+1. The second kappa shape index (κ2) is 6.77. The van der Waals surface area contributed by atoms with E-state index < -0.39 is 8.69 Å². The summed E-state index contributed by atoms with van der Waals surface area (Å²) in [6.45, 7) is 2.08. The van der Waals surface area contributed by atoms with E-state index >= 15 is 0 Å². The summed E-state index contributed by atoms with van der Waals surface area (Å²) in [5.41, 5.74) is 2.47. The highest BCUT2D eigenvalue weighted by molar-refractivity contribution is 7.16. The lowest BCUT2D eigenvalue weighted by Gasteiger charge is -1.97. The van der Waals surface area contributed by atoms with Gasteiger partial charge in [0.2, 0.25) is 0 Å². The minimum absolute atomic E-state index is 1.17. The van der Waals surface area contributed by atoms with Crippen molar-refractivity contribution >= 4 is 14.4 Å². The second-order valence-corrected chi connectivity index (χ2v) is 2.39. The number of anilines is 1. The molecule has 1 atom stereocenters. The molecule has 2 N–H and O–H groups in total. The van der Waals surface area contributed by atoms with Crippen molar-refractivity contribution in [1.82, 2.24) is 0 Å². The summed E-state index contributed by atoms with van der Waals surface area (Å²) >= 11 is 0. The van der Waals surface area contributed by atoms with Crippen molar-refractivity contribution in [2.45, 2.75) is 6.92 Å². The molecule has 0 saturated carbocycles. The average molecular weight is 186 g/mol. The molecular weight excluding hydrogens is 173 g/mol.